The highest BCUT2D eigenvalue weighted by atomic mass is 16.5. The first kappa shape index (κ1) is 28.3. The quantitative estimate of drug-likeness (QED) is 0.263. The van der Waals surface area contributed by atoms with Crippen LogP contribution in [0.1, 0.15) is 35.1 Å². The summed E-state index contributed by atoms with van der Waals surface area (Å²) in [6.45, 7) is 4.26. The van der Waals surface area contributed by atoms with Crippen LogP contribution in [0.25, 0.3) is 11.0 Å². The minimum Gasteiger partial charge on any atom is -0.466 e. The van der Waals surface area contributed by atoms with Crippen LogP contribution >= 0.6 is 0 Å². The number of ether oxygens (including phenoxy) is 1. The van der Waals surface area contributed by atoms with E-state index in [9.17, 15) is 9.59 Å². The Morgan fingerprint density at radius 3 is 2.48 bits per heavy atom. The van der Waals surface area contributed by atoms with Crippen molar-refractivity contribution in [2.45, 2.75) is 19.9 Å². The molecule has 4 rings (SSSR count). The van der Waals surface area contributed by atoms with Crippen molar-refractivity contribution in [1.82, 2.24) is 14.5 Å². The van der Waals surface area contributed by atoms with E-state index in [1.807, 2.05) is 84.2 Å². The highest BCUT2D eigenvalue weighted by molar-refractivity contribution is 6.07. The summed E-state index contributed by atoms with van der Waals surface area (Å²) < 4.78 is 7.03. The fraction of sp³-hybridized carbons (Fsp3) is 0.290. The number of nitrogens with zero attached hydrogens (tertiary/aromatic N) is 5. The molecule has 0 spiro atoms. The highest BCUT2D eigenvalue weighted by Gasteiger charge is 2.20. The number of nitriles is 1. The second-order valence-electron chi connectivity index (χ2n) is 9.48. The fourth-order valence-corrected chi connectivity index (χ4v) is 4.39. The van der Waals surface area contributed by atoms with Gasteiger partial charge in [0.2, 0.25) is 0 Å². The van der Waals surface area contributed by atoms with Crippen molar-refractivity contribution in [3.63, 3.8) is 0 Å². The molecule has 0 bridgehead atoms. The van der Waals surface area contributed by atoms with Gasteiger partial charge >= 0.3 is 5.97 Å². The molecule has 1 heterocycles. The van der Waals surface area contributed by atoms with Gasteiger partial charge in [0.25, 0.3) is 5.91 Å². The molecule has 0 radical (unpaired) electrons. The molecule has 9 heteroatoms. The highest BCUT2D eigenvalue weighted by Crippen LogP contribution is 2.22. The van der Waals surface area contributed by atoms with Crippen molar-refractivity contribution >= 4 is 34.3 Å². The zero-order valence-electron chi connectivity index (χ0n) is 23.1. The topological polar surface area (TPSA) is 103 Å². The van der Waals surface area contributed by atoms with Crippen LogP contribution < -0.4 is 10.2 Å². The van der Waals surface area contributed by atoms with Crippen LogP contribution in [0.5, 0.6) is 0 Å². The van der Waals surface area contributed by atoms with Gasteiger partial charge in [0, 0.05) is 43.6 Å². The van der Waals surface area contributed by atoms with E-state index >= 15 is 0 Å². The third-order valence-electron chi connectivity index (χ3n) is 6.71. The van der Waals surface area contributed by atoms with Crippen LogP contribution in [0.15, 0.2) is 72.8 Å². The SMILES string of the molecule is CCOC(=O)CCN(C)CCN(C(=O)c1ccc2c(c1)nc(CNc1ccc(C#N)cc1)n2C)c1ccccc1. The van der Waals surface area contributed by atoms with Gasteiger partial charge in [-0.3, -0.25) is 9.59 Å². The smallest absolute Gasteiger partial charge is 0.307 e. The summed E-state index contributed by atoms with van der Waals surface area (Å²) in [5.74, 6) is 0.488. The Bertz CT molecular complexity index is 1490. The van der Waals surface area contributed by atoms with Crippen molar-refractivity contribution in [3.05, 3.63) is 89.7 Å². The average molecular weight is 539 g/mol. The molecule has 0 aliphatic carbocycles. The standard InChI is InChI=1S/C31H34N6O3/c1-4-40-30(38)16-17-35(2)18-19-37(26-8-6-5-7-9-26)31(39)24-12-15-28-27(20-24)34-29(36(28)3)22-33-25-13-10-23(21-32)11-14-25/h5-15,20,33H,4,16-19,22H2,1-3H3. The monoisotopic (exact) mass is 538 g/mol. The van der Waals surface area contributed by atoms with E-state index < -0.39 is 0 Å². The van der Waals surface area contributed by atoms with Gasteiger partial charge in [0.05, 0.1) is 42.2 Å². The predicted octanol–water partition coefficient (Wildman–Crippen LogP) is 4.59. The molecular weight excluding hydrogens is 504 g/mol. The molecule has 0 saturated heterocycles. The van der Waals surface area contributed by atoms with Gasteiger partial charge in [-0.1, -0.05) is 18.2 Å². The summed E-state index contributed by atoms with van der Waals surface area (Å²) in [5, 5.41) is 12.3. The Kier molecular flexibility index (Phi) is 9.49. The number of para-hydroxylation sites is 1. The molecule has 9 nitrogen and oxygen atoms in total. The molecule has 1 N–H and O–H groups in total. The number of hydrogen-bond donors (Lipinski definition) is 1. The summed E-state index contributed by atoms with van der Waals surface area (Å²) in [4.78, 5) is 34.1. The molecular formula is C31H34N6O3. The van der Waals surface area contributed by atoms with E-state index in [4.69, 9.17) is 15.0 Å². The summed E-state index contributed by atoms with van der Waals surface area (Å²) >= 11 is 0. The third kappa shape index (κ3) is 7.04. The minimum absolute atomic E-state index is 0.116. The first-order valence-corrected chi connectivity index (χ1v) is 13.3. The number of hydrogen-bond acceptors (Lipinski definition) is 7. The Labute approximate surface area is 234 Å². The number of rotatable bonds is 12. The number of amides is 1. The Hall–Kier alpha value is -4.68. The Balaban J connectivity index is 1.49. The van der Waals surface area contributed by atoms with Crippen molar-refractivity contribution in [2.24, 2.45) is 7.05 Å². The molecule has 206 valence electrons. The fourth-order valence-electron chi connectivity index (χ4n) is 4.39. The summed E-state index contributed by atoms with van der Waals surface area (Å²) in [6, 6.07) is 24.6. The number of carbonyl (C=O) groups excluding carboxylic acids is 2. The minimum atomic E-state index is -0.222. The van der Waals surface area contributed by atoms with Crippen LogP contribution in [-0.2, 0) is 23.1 Å². The van der Waals surface area contributed by atoms with Crippen LogP contribution in [0.3, 0.4) is 0 Å². The summed E-state index contributed by atoms with van der Waals surface area (Å²) in [5.41, 5.74) is 4.53. The number of imidazole rings is 1. The number of aryl methyl sites for hydroxylation is 1. The van der Waals surface area contributed by atoms with Gasteiger partial charge in [-0.25, -0.2) is 4.98 Å². The molecule has 0 unspecified atom stereocenters. The van der Waals surface area contributed by atoms with Gasteiger partial charge < -0.3 is 24.4 Å². The van der Waals surface area contributed by atoms with E-state index in [2.05, 4.69) is 11.4 Å². The predicted molar refractivity (Wildman–Crippen MR) is 156 cm³/mol. The maximum Gasteiger partial charge on any atom is 0.307 e. The number of anilines is 2. The van der Waals surface area contributed by atoms with E-state index in [1.165, 1.54) is 0 Å². The first-order chi connectivity index (χ1) is 19.4. The van der Waals surface area contributed by atoms with Gasteiger partial charge in [-0.05, 0) is 68.6 Å². The molecule has 0 aliphatic heterocycles. The number of carbonyl (C=O) groups is 2. The second-order valence-corrected chi connectivity index (χ2v) is 9.48. The lowest BCUT2D eigenvalue weighted by Gasteiger charge is -2.26. The molecule has 0 saturated carbocycles. The van der Waals surface area contributed by atoms with E-state index in [1.54, 1.807) is 24.0 Å². The summed E-state index contributed by atoms with van der Waals surface area (Å²) in [7, 11) is 3.88. The lowest BCUT2D eigenvalue weighted by Crippen LogP contribution is -2.38. The Morgan fingerprint density at radius 1 is 1.02 bits per heavy atom. The number of fused-ring (bicyclic) bond motifs is 1. The average Bonchev–Trinajstić information content (AvgIpc) is 3.30. The van der Waals surface area contributed by atoms with Crippen LogP contribution in [0.4, 0.5) is 11.4 Å². The van der Waals surface area contributed by atoms with Gasteiger partial charge in [-0.2, -0.15) is 5.26 Å². The zero-order chi connectivity index (χ0) is 28.5. The van der Waals surface area contributed by atoms with Crippen molar-refractivity contribution in [1.29, 1.82) is 5.26 Å². The van der Waals surface area contributed by atoms with Crippen LogP contribution in [-0.4, -0.2) is 59.6 Å². The van der Waals surface area contributed by atoms with E-state index in [0.29, 0.717) is 50.3 Å². The van der Waals surface area contributed by atoms with Gasteiger partial charge in [-0.15, -0.1) is 0 Å². The normalized spacial score (nSPS) is 10.9. The maximum absolute atomic E-state index is 13.8. The molecule has 4 aromatic rings. The van der Waals surface area contributed by atoms with Crippen LogP contribution in [0.2, 0.25) is 0 Å². The van der Waals surface area contributed by atoms with Crippen molar-refractivity contribution in [3.8, 4) is 6.07 Å². The maximum atomic E-state index is 13.8. The number of aromatic nitrogens is 2. The van der Waals surface area contributed by atoms with Crippen LogP contribution in [0, 0.1) is 11.3 Å². The van der Waals surface area contributed by atoms with Gasteiger partial charge in [0.15, 0.2) is 0 Å². The molecule has 0 atom stereocenters. The number of likely N-dealkylation sites (N-methyl/N-ethyl adjacent to an activating group) is 1. The number of nitrogens with one attached hydrogen (secondary N) is 1. The second kappa shape index (κ2) is 13.4. The largest absolute Gasteiger partial charge is 0.466 e. The lowest BCUT2D eigenvalue weighted by molar-refractivity contribution is -0.143. The first-order valence-electron chi connectivity index (χ1n) is 13.3. The molecule has 3 aromatic carbocycles. The van der Waals surface area contributed by atoms with E-state index in [0.717, 1.165) is 28.2 Å². The Morgan fingerprint density at radius 2 is 1.77 bits per heavy atom. The molecule has 40 heavy (non-hydrogen) atoms. The molecule has 0 fully saturated rings. The zero-order valence-corrected chi connectivity index (χ0v) is 23.1. The molecule has 0 aliphatic rings. The van der Waals surface area contributed by atoms with Gasteiger partial charge in [0.1, 0.15) is 5.82 Å². The molecule has 1 aromatic heterocycles. The van der Waals surface area contributed by atoms with E-state index in [-0.39, 0.29) is 11.9 Å². The van der Waals surface area contributed by atoms with Crippen molar-refractivity contribution in [2.75, 3.05) is 43.5 Å². The third-order valence-corrected chi connectivity index (χ3v) is 6.71. The lowest BCUT2D eigenvalue weighted by atomic mass is 10.1. The number of benzene rings is 3. The van der Waals surface area contributed by atoms with Crippen molar-refractivity contribution < 1.29 is 14.3 Å². The number of esters is 1. The summed E-state index contributed by atoms with van der Waals surface area (Å²) in [6.07, 6.45) is 0.308. The molecule has 1 amide bonds.